The maximum Gasteiger partial charge on any atom is 0.237 e. The summed E-state index contributed by atoms with van der Waals surface area (Å²) in [6.07, 6.45) is 0. The van der Waals surface area contributed by atoms with E-state index in [1.54, 1.807) is 0 Å². The van der Waals surface area contributed by atoms with Gasteiger partial charge < -0.3 is 15.5 Å². The Hall–Kier alpha value is -1.36. The highest BCUT2D eigenvalue weighted by molar-refractivity contribution is 5.82. The Morgan fingerprint density at radius 1 is 1.47 bits per heavy atom. The normalized spacial score (nSPS) is 13.5. The first-order valence-electron chi connectivity index (χ1n) is 5.68. The fourth-order valence-electron chi connectivity index (χ4n) is 1.28. The van der Waals surface area contributed by atoms with Crippen molar-refractivity contribution in [2.24, 2.45) is 11.1 Å². The van der Waals surface area contributed by atoms with Crippen molar-refractivity contribution >= 4 is 5.91 Å². The number of hydrogen-bond acceptors (Lipinski definition) is 4. The van der Waals surface area contributed by atoms with E-state index >= 15 is 0 Å². The average molecular weight is 239 g/mol. The Kier molecular flexibility index (Phi) is 3.93. The quantitative estimate of drug-likeness (QED) is 0.832. The van der Waals surface area contributed by atoms with Crippen molar-refractivity contribution < 1.29 is 9.21 Å². The van der Waals surface area contributed by atoms with Crippen molar-refractivity contribution in [3.63, 3.8) is 0 Å². The summed E-state index contributed by atoms with van der Waals surface area (Å²) in [6, 6.07) is -0.542. The lowest BCUT2D eigenvalue weighted by Crippen LogP contribution is -2.48. The second-order valence-electron chi connectivity index (χ2n) is 5.31. The number of nitrogens with one attached hydrogen (secondary N) is 1. The zero-order valence-corrected chi connectivity index (χ0v) is 11.1. The second kappa shape index (κ2) is 4.87. The van der Waals surface area contributed by atoms with E-state index in [2.05, 4.69) is 10.3 Å². The van der Waals surface area contributed by atoms with Crippen LogP contribution in [0.15, 0.2) is 4.42 Å². The summed E-state index contributed by atoms with van der Waals surface area (Å²) in [5.41, 5.74) is 6.42. The van der Waals surface area contributed by atoms with Crippen LogP contribution in [0.4, 0.5) is 0 Å². The number of nitrogens with two attached hydrogens (primary N) is 1. The third kappa shape index (κ3) is 3.56. The Morgan fingerprint density at radius 2 is 2.06 bits per heavy atom. The Bertz CT molecular complexity index is 385. The summed E-state index contributed by atoms with van der Waals surface area (Å²) in [7, 11) is 0. The first-order valence-corrected chi connectivity index (χ1v) is 5.68. The number of aromatic nitrogens is 1. The predicted octanol–water partition coefficient (Wildman–Crippen LogP) is 1.28. The fraction of sp³-hybridized carbons (Fsp3) is 0.667. The zero-order chi connectivity index (χ0) is 13.2. The molecule has 0 radical (unpaired) electrons. The van der Waals surface area contributed by atoms with Crippen molar-refractivity contribution in [2.45, 2.75) is 47.2 Å². The number of aryl methyl sites for hydroxylation is 2. The predicted molar refractivity (Wildman–Crippen MR) is 65.3 cm³/mol. The number of nitrogens with zero attached hydrogens (tertiary/aromatic N) is 1. The molecule has 0 bridgehead atoms. The molecule has 0 saturated carbocycles. The Labute approximate surface area is 102 Å². The van der Waals surface area contributed by atoms with Crippen molar-refractivity contribution in [3.8, 4) is 0 Å². The van der Waals surface area contributed by atoms with Gasteiger partial charge in [-0.2, -0.15) is 0 Å². The fourth-order valence-corrected chi connectivity index (χ4v) is 1.28. The van der Waals surface area contributed by atoms with E-state index in [0.717, 1.165) is 11.5 Å². The van der Waals surface area contributed by atoms with Crippen LogP contribution in [0.2, 0.25) is 0 Å². The SMILES string of the molecule is Cc1nc(CNC(=O)C(N)C(C)(C)C)oc1C. The van der Waals surface area contributed by atoms with Gasteiger partial charge in [-0.25, -0.2) is 4.98 Å². The molecule has 1 unspecified atom stereocenters. The molecule has 0 aliphatic rings. The van der Waals surface area contributed by atoms with Crippen LogP contribution >= 0.6 is 0 Å². The van der Waals surface area contributed by atoms with Gasteiger partial charge in [-0.05, 0) is 19.3 Å². The summed E-state index contributed by atoms with van der Waals surface area (Å²) < 4.78 is 5.36. The van der Waals surface area contributed by atoms with Gasteiger partial charge in [0, 0.05) is 0 Å². The molecule has 17 heavy (non-hydrogen) atoms. The van der Waals surface area contributed by atoms with E-state index in [9.17, 15) is 4.79 Å². The van der Waals surface area contributed by atoms with Crippen LogP contribution in [0.3, 0.4) is 0 Å². The van der Waals surface area contributed by atoms with E-state index in [-0.39, 0.29) is 17.9 Å². The average Bonchev–Trinajstić information content (AvgIpc) is 2.52. The molecule has 0 saturated heterocycles. The molecule has 3 N–H and O–H groups in total. The minimum absolute atomic E-state index is 0.189. The van der Waals surface area contributed by atoms with E-state index in [4.69, 9.17) is 10.2 Å². The van der Waals surface area contributed by atoms with Gasteiger partial charge >= 0.3 is 0 Å². The summed E-state index contributed by atoms with van der Waals surface area (Å²) in [5.74, 6) is 1.09. The smallest absolute Gasteiger partial charge is 0.237 e. The highest BCUT2D eigenvalue weighted by atomic mass is 16.4. The number of carbonyl (C=O) groups excluding carboxylic acids is 1. The number of hydrogen-bond donors (Lipinski definition) is 2. The van der Waals surface area contributed by atoms with Crippen molar-refractivity contribution in [2.75, 3.05) is 0 Å². The topological polar surface area (TPSA) is 81.2 Å². The molecule has 1 amide bonds. The molecular weight excluding hydrogens is 218 g/mol. The number of carbonyl (C=O) groups is 1. The van der Waals surface area contributed by atoms with Gasteiger partial charge in [0.25, 0.3) is 0 Å². The highest BCUT2D eigenvalue weighted by Crippen LogP contribution is 2.17. The molecular formula is C12H21N3O2. The van der Waals surface area contributed by atoms with Gasteiger partial charge in [-0.15, -0.1) is 0 Å². The largest absolute Gasteiger partial charge is 0.444 e. The van der Waals surface area contributed by atoms with Gasteiger partial charge in [0.2, 0.25) is 11.8 Å². The van der Waals surface area contributed by atoms with Crippen LogP contribution in [0.1, 0.15) is 38.1 Å². The number of rotatable bonds is 3. The number of amides is 1. The van der Waals surface area contributed by atoms with Crippen molar-refractivity contribution in [1.82, 2.24) is 10.3 Å². The molecule has 1 rings (SSSR count). The number of oxazole rings is 1. The van der Waals surface area contributed by atoms with E-state index in [0.29, 0.717) is 5.89 Å². The van der Waals surface area contributed by atoms with Crippen LogP contribution in [0, 0.1) is 19.3 Å². The van der Waals surface area contributed by atoms with E-state index in [1.165, 1.54) is 0 Å². The van der Waals surface area contributed by atoms with Gasteiger partial charge in [0.15, 0.2) is 0 Å². The Balaban J connectivity index is 2.54. The third-order valence-electron chi connectivity index (χ3n) is 2.70. The molecule has 96 valence electrons. The van der Waals surface area contributed by atoms with Crippen LogP contribution in [0.25, 0.3) is 0 Å². The van der Waals surface area contributed by atoms with Gasteiger partial charge in [0.05, 0.1) is 18.3 Å². The molecule has 5 nitrogen and oxygen atoms in total. The first kappa shape index (κ1) is 13.7. The lowest BCUT2D eigenvalue weighted by molar-refractivity contribution is -0.124. The lowest BCUT2D eigenvalue weighted by atomic mass is 9.87. The minimum atomic E-state index is -0.542. The first-order chi connectivity index (χ1) is 7.71. The van der Waals surface area contributed by atoms with Crippen molar-refractivity contribution in [1.29, 1.82) is 0 Å². The van der Waals surface area contributed by atoms with Gasteiger partial charge in [0.1, 0.15) is 5.76 Å². The van der Waals surface area contributed by atoms with Crippen LogP contribution < -0.4 is 11.1 Å². The highest BCUT2D eigenvalue weighted by Gasteiger charge is 2.27. The maximum atomic E-state index is 11.7. The molecule has 1 aromatic heterocycles. The standard InChI is InChI=1S/C12H21N3O2/c1-7-8(2)17-9(15-7)6-14-11(16)10(13)12(3,4)5/h10H,6,13H2,1-5H3,(H,14,16). The summed E-state index contributed by atoms with van der Waals surface area (Å²) in [4.78, 5) is 15.9. The molecule has 0 aromatic carbocycles. The summed E-state index contributed by atoms with van der Waals surface area (Å²) >= 11 is 0. The lowest BCUT2D eigenvalue weighted by Gasteiger charge is -2.25. The molecule has 1 atom stereocenters. The zero-order valence-electron chi connectivity index (χ0n) is 11.1. The molecule has 0 aliphatic carbocycles. The molecule has 0 aliphatic heterocycles. The molecule has 0 spiro atoms. The second-order valence-corrected chi connectivity index (χ2v) is 5.31. The monoisotopic (exact) mass is 239 g/mol. The Morgan fingerprint density at radius 3 is 2.47 bits per heavy atom. The minimum Gasteiger partial charge on any atom is -0.444 e. The summed E-state index contributed by atoms with van der Waals surface area (Å²) in [5, 5.41) is 2.73. The maximum absolute atomic E-state index is 11.7. The van der Waals surface area contributed by atoms with Gasteiger partial charge in [-0.1, -0.05) is 20.8 Å². The van der Waals surface area contributed by atoms with Crippen LogP contribution in [0.5, 0.6) is 0 Å². The van der Waals surface area contributed by atoms with Gasteiger partial charge in [-0.3, -0.25) is 4.79 Å². The van der Waals surface area contributed by atoms with E-state index < -0.39 is 6.04 Å². The van der Waals surface area contributed by atoms with Crippen molar-refractivity contribution in [3.05, 3.63) is 17.3 Å². The molecule has 5 heteroatoms. The van der Waals surface area contributed by atoms with E-state index in [1.807, 2.05) is 34.6 Å². The molecule has 1 aromatic rings. The third-order valence-corrected chi connectivity index (χ3v) is 2.70. The van der Waals surface area contributed by atoms with Crippen LogP contribution in [-0.4, -0.2) is 16.9 Å². The van der Waals surface area contributed by atoms with Crippen LogP contribution in [-0.2, 0) is 11.3 Å². The molecule has 1 heterocycles. The molecule has 0 fully saturated rings. The summed E-state index contributed by atoms with van der Waals surface area (Å²) in [6.45, 7) is 9.76.